The van der Waals surface area contributed by atoms with E-state index in [0.717, 1.165) is 16.7 Å². The first-order chi connectivity index (χ1) is 27.6. The molecule has 7 N–H and O–H groups in total. The zero-order valence-electron chi connectivity index (χ0n) is 33.6. The van der Waals surface area contributed by atoms with Gasteiger partial charge in [-0.25, -0.2) is 0 Å². The van der Waals surface area contributed by atoms with Crippen LogP contribution in [0.4, 0.5) is 0 Å². The quantitative estimate of drug-likeness (QED) is 0.0416. The van der Waals surface area contributed by atoms with Crippen molar-refractivity contribution in [3.05, 3.63) is 95.0 Å². The molecule has 0 saturated heterocycles. The van der Waals surface area contributed by atoms with Crippen LogP contribution in [-0.2, 0) is 35.2 Å². The van der Waals surface area contributed by atoms with Crippen LogP contribution in [0.15, 0.2) is 78.9 Å². The number of aliphatic hydroxyl groups is 1. The molecule has 0 spiro atoms. The van der Waals surface area contributed by atoms with Crippen molar-refractivity contribution < 1.29 is 38.7 Å². The highest BCUT2D eigenvalue weighted by Gasteiger charge is 2.33. The highest BCUT2D eigenvalue weighted by atomic mass is 35.5. The maximum atomic E-state index is 13.4. The molecule has 0 radical (unpaired) electrons. The zero-order valence-corrected chi connectivity index (χ0v) is 34.3. The van der Waals surface area contributed by atoms with Crippen LogP contribution in [0.2, 0.25) is 5.02 Å². The number of hydrogen-bond acceptors (Lipinski definition) is 10. The Kier molecular flexibility index (Phi) is 19.8. The number of aliphatic hydroxyl groups excluding tert-OH is 1. The van der Waals surface area contributed by atoms with E-state index >= 15 is 0 Å². The Morgan fingerprint density at radius 3 is 1.88 bits per heavy atom. The van der Waals surface area contributed by atoms with Crippen LogP contribution in [0, 0.1) is 17.8 Å². The summed E-state index contributed by atoms with van der Waals surface area (Å²) in [7, 11) is 0. The maximum absolute atomic E-state index is 13.4. The highest BCUT2D eigenvalue weighted by Crippen LogP contribution is 2.23. The van der Waals surface area contributed by atoms with Gasteiger partial charge >= 0.3 is 0 Å². The molecule has 0 aliphatic rings. The molecule has 0 bridgehead atoms. The smallest absolute Gasteiger partial charge is 0.225 e. The molecule has 3 rings (SSSR count). The number of halogens is 1. The van der Waals surface area contributed by atoms with E-state index in [4.69, 9.17) is 23.1 Å². The number of ketones is 5. The molecular weight excluding hydrogens is 760 g/mol. The van der Waals surface area contributed by atoms with Gasteiger partial charge in [0.15, 0.2) is 23.1 Å². The molecule has 6 atom stereocenters. The minimum absolute atomic E-state index is 0.0637. The van der Waals surface area contributed by atoms with Crippen LogP contribution < -0.4 is 22.1 Å². The van der Waals surface area contributed by atoms with Gasteiger partial charge in [0.05, 0.1) is 18.1 Å². The van der Waals surface area contributed by atoms with Gasteiger partial charge in [0, 0.05) is 54.6 Å². The molecule has 0 aliphatic carbocycles. The van der Waals surface area contributed by atoms with Crippen molar-refractivity contribution in [2.24, 2.45) is 29.2 Å². The molecule has 0 aliphatic heterocycles. The van der Waals surface area contributed by atoms with Crippen LogP contribution in [-0.4, -0.2) is 77.1 Å². The lowest BCUT2D eigenvalue weighted by Crippen LogP contribution is -2.51. The molecular formula is C45H57ClN4O8. The Morgan fingerprint density at radius 1 is 0.690 bits per heavy atom. The number of Topliss-reactive ketones (excluding diaryl/α,β-unsaturated/α-hetero) is 5. The van der Waals surface area contributed by atoms with Gasteiger partial charge in [0.2, 0.25) is 17.6 Å². The highest BCUT2D eigenvalue weighted by molar-refractivity contribution is 6.38. The lowest BCUT2D eigenvalue weighted by molar-refractivity contribution is -0.140. The van der Waals surface area contributed by atoms with Crippen LogP contribution in [0.5, 0.6) is 0 Å². The van der Waals surface area contributed by atoms with Gasteiger partial charge in [-0.2, -0.15) is 0 Å². The summed E-state index contributed by atoms with van der Waals surface area (Å²) in [5.74, 6) is -6.74. The number of nitrogens with one attached hydrogen (secondary N) is 2. The van der Waals surface area contributed by atoms with Gasteiger partial charge < -0.3 is 27.2 Å². The van der Waals surface area contributed by atoms with E-state index in [2.05, 4.69) is 10.6 Å². The average molecular weight is 817 g/mol. The number of benzene rings is 3. The first kappa shape index (κ1) is 47.5. The molecule has 0 fully saturated rings. The van der Waals surface area contributed by atoms with E-state index in [-0.39, 0.29) is 44.4 Å². The fourth-order valence-electron chi connectivity index (χ4n) is 6.53. The third-order valence-electron chi connectivity index (χ3n) is 10.1. The van der Waals surface area contributed by atoms with Gasteiger partial charge in [-0.15, -0.1) is 0 Å². The predicted octanol–water partition coefficient (Wildman–Crippen LogP) is 4.99. The van der Waals surface area contributed by atoms with Crippen molar-refractivity contribution in [1.82, 2.24) is 10.6 Å². The van der Waals surface area contributed by atoms with E-state index < -0.39 is 70.9 Å². The van der Waals surface area contributed by atoms with Crippen molar-refractivity contribution in [3.8, 4) is 11.1 Å². The summed E-state index contributed by atoms with van der Waals surface area (Å²) < 4.78 is 0. The van der Waals surface area contributed by atoms with Crippen molar-refractivity contribution in [3.63, 3.8) is 0 Å². The van der Waals surface area contributed by atoms with Crippen LogP contribution in [0.25, 0.3) is 11.1 Å². The second kappa shape index (κ2) is 24.1. The summed E-state index contributed by atoms with van der Waals surface area (Å²) in [6.07, 6.45) is 0.329. The first-order valence-electron chi connectivity index (χ1n) is 19.9. The van der Waals surface area contributed by atoms with Crippen molar-refractivity contribution in [2.75, 3.05) is 13.1 Å². The number of carbonyl (C=O) groups is 7. The van der Waals surface area contributed by atoms with E-state index in [1.54, 1.807) is 36.4 Å². The summed E-state index contributed by atoms with van der Waals surface area (Å²) in [6, 6.07) is 21.3. The van der Waals surface area contributed by atoms with E-state index in [1.165, 1.54) is 20.8 Å². The van der Waals surface area contributed by atoms with Gasteiger partial charge in [0.25, 0.3) is 0 Å². The van der Waals surface area contributed by atoms with Crippen molar-refractivity contribution in [1.29, 1.82) is 0 Å². The SMILES string of the molecule is C[C@H](CC(=O)[C@@H](NC(=O)[C@H](CN)CC(=O)c1ccc(-c2ccc(Cl)cc2)cc1)[C@@H](C)O)C(=O)N[C@@H](CCCCN)C(=O)C[C@@H](C)C(=O)C(=O)CCCc1ccccc1. The maximum Gasteiger partial charge on any atom is 0.225 e. The van der Waals surface area contributed by atoms with Gasteiger partial charge in [-0.3, -0.25) is 33.6 Å². The van der Waals surface area contributed by atoms with Crippen LogP contribution in [0.3, 0.4) is 0 Å². The molecule has 58 heavy (non-hydrogen) atoms. The first-order valence-corrected chi connectivity index (χ1v) is 20.3. The number of carbonyl (C=O) groups excluding carboxylic acids is 7. The monoisotopic (exact) mass is 816 g/mol. The van der Waals surface area contributed by atoms with E-state index in [0.29, 0.717) is 42.8 Å². The lowest BCUT2D eigenvalue weighted by atomic mass is 9.90. The molecule has 0 aromatic heterocycles. The molecule has 0 saturated carbocycles. The summed E-state index contributed by atoms with van der Waals surface area (Å²) >= 11 is 5.98. The molecule has 12 nitrogen and oxygen atoms in total. The predicted molar refractivity (Wildman–Crippen MR) is 224 cm³/mol. The molecule has 0 heterocycles. The second-order valence-electron chi connectivity index (χ2n) is 15.0. The number of rotatable bonds is 26. The van der Waals surface area contributed by atoms with Crippen LogP contribution in [0.1, 0.15) is 88.1 Å². The molecule has 3 aromatic carbocycles. The summed E-state index contributed by atoms with van der Waals surface area (Å²) in [6.45, 7) is 4.49. The second-order valence-corrected chi connectivity index (χ2v) is 15.4. The summed E-state index contributed by atoms with van der Waals surface area (Å²) in [5.41, 5.74) is 14.7. The van der Waals surface area contributed by atoms with E-state index in [9.17, 15) is 38.7 Å². The molecule has 3 aromatic rings. The number of hydrogen-bond donors (Lipinski definition) is 5. The number of nitrogens with two attached hydrogens (primary N) is 2. The third kappa shape index (κ3) is 15.1. The molecule has 0 unspecified atom stereocenters. The van der Waals surface area contributed by atoms with E-state index in [1.807, 2.05) is 42.5 Å². The fourth-order valence-corrected chi connectivity index (χ4v) is 6.66. The molecule has 13 heteroatoms. The topological polar surface area (TPSA) is 216 Å². The van der Waals surface area contributed by atoms with Crippen LogP contribution >= 0.6 is 11.6 Å². The molecule has 312 valence electrons. The fraction of sp³-hybridized carbons (Fsp3) is 0.444. The average Bonchev–Trinajstić information content (AvgIpc) is 3.21. The van der Waals surface area contributed by atoms with Crippen molar-refractivity contribution >= 4 is 52.3 Å². The summed E-state index contributed by atoms with van der Waals surface area (Å²) in [5, 5.41) is 16.3. The van der Waals surface area contributed by atoms with Gasteiger partial charge in [-0.1, -0.05) is 92.2 Å². The minimum atomic E-state index is -1.40. The minimum Gasteiger partial charge on any atom is -0.391 e. The third-order valence-corrected chi connectivity index (χ3v) is 10.4. The Labute approximate surface area is 345 Å². The van der Waals surface area contributed by atoms with Crippen molar-refractivity contribution in [2.45, 2.75) is 96.7 Å². The Balaban J connectivity index is 1.56. The largest absolute Gasteiger partial charge is 0.391 e. The lowest BCUT2D eigenvalue weighted by Gasteiger charge is -2.25. The Morgan fingerprint density at radius 2 is 1.29 bits per heavy atom. The number of amides is 2. The Hall–Kier alpha value is -4.88. The van der Waals surface area contributed by atoms with Gasteiger partial charge in [-0.05, 0) is 74.4 Å². The Bertz CT molecular complexity index is 1850. The van der Waals surface area contributed by atoms with Gasteiger partial charge in [0.1, 0.15) is 6.04 Å². The summed E-state index contributed by atoms with van der Waals surface area (Å²) in [4.78, 5) is 92.1. The number of unbranched alkanes of at least 4 members (excludes halogenated alkanes) is 1. The standard InChI is InChI=1S/C45H57ClN4O8/c1-28(43(56)38(52)14-9-12-31-10-5-4-6-11-31)24-40(54)37(13-7-8-23-47)49-44(57)29(2)25-41(55)42(30(3)51)50-45(58)35(27-48)26-39(53)34-17-15-32(16-18-34)33-19-21-36(46)22-20-33/h4-6,10-11,15-22,28-30,35,37,42,51H,7-9,12-14,23-27,47-48H2,1-3H3,(H,49,57)(H,50,58)/t28-,29-,30-,35+,37+,42+/m1/s1. The zero-order chi connectivity index (χ0) is 42.8. The molecule has 2 amide bonds. The normalized spacial score (nSPS) is 14.3. The number of aryl methyl sites for hydroxylation is 1.